The molecule has 3 aliphatic carbocycles. The lowest BCUT2D eigenvalue weighted by molar-refractivity contribution is -0.138. The summed E-state index contributed by atoms with van der Waals surface area (Å²) in [6.45, 7) is -0.879. The number of carbonyl (C=O) groups excluding carboxylic acids is 3. The van der Waals surface area contributed by atoms with Crippen LogP contribution in [0.3, 0.4) is 0 Å². The number of sulfonamides is 1. The Morgan fingerprint density at radius 2 is 1.20 bits per heavy atom. The van der Waals surface area contributed by atoms with E-state index in [1.807, 2.05) is 156 Å². The van der Waals surface area contributed by atoms with Crippen LogP contribution in [0.15, 0.2) is 156 Å². The Morgan fingerprint density at radius 1 is 0.617 bits per heavy atom. The van der Waals surface area contributed by atoms with Crippen molar-refractivity contribution >= 4 is 77.4 Å². The Bertz CT molecular complexity index is 4340. The highest BCUT2D eigenvalue weighted by Gasteiger charge is 2.49. The van der Waals surface area contributed by atoms with Crippen LogP contribution in [-0.4, -0.2) is 63.3 Å². The average molecular weight is 1110 g/mol. The van der Waals surface area contributed by atoms with E-state index < -0.39 is 45.9 Å². The van der Waals surface area contributed by atoms with Crippen molar-refractivity contribution in [3.63, 3.8) is 0 Å². The SMILES string of the molecule is CS(=O)(=O)NC(=O)CCCCOc1ccc2c(c1)C1(N=c3c(=C4C(=O)C(c5ccc6cccc7c6c5NC5(N7)c6ccccc6-c6ccc(OCCCCC(=O)NCC(F)(F)F)cc65)=C4O)ccc4cccc(c34)N1)c1ccccc1-2. The van der Waals surface area contributed by atoms with Gasteiger partial charge < -0.3 is 35.8 Å². The second-order valence-corrected chi connectivity index (χ2v) is 22.7. The number of allylic oxidation sites excluding steroid dienone is 2. The topological polar surface area (TPSA) is 197 Å². The Kier molecular flexibility index (Phi) is 12.2. The summed E-state index contributed by atoms with van der Waals surface area (Å²) >= 11 is 0. The number of nitrogens with zero attached hydrogens (tertiary/aromatic N) is 1. The van der Waals surface area contributed by atoms with Gasteiger partial charge in [0, 0.05) is 68.0 Å². The molecule has 2 heterocycles. The summed E-state index contributed by atoms with van der Waals surface area (Å²) in [4.78, 5) is 45.1. The summed E-state index contributed by atoms with van der Waals surface area (Å²) in [5, 5.41) is 30.4. The van der Waals surface area contributed by atoms with Crippen molar-refractivity contribution in [1.82, 2.24) is 10.0 Å². The van der Waals surface area contributed by atoms with Gasteiger partial charge in [0.25, 0.3) is 0 Å². The fraction of sp³-hybridized carbons (Fsp3) is 0.206. The molecule has 8 aromatic carbocycles. The van der Waals surface area contributed by atoms with Gasteiger partial charge in [-0.15, -0.1) is 0 Å². The smallest absolute Gasteiger partial charge is 0.405 e. The third-order valence-electron chi connectivity index (χ3n) is 15.7. The summed E-state index contributed by atoms with van der Waals surface area (Å²) in [6, 6.07) is 47.2. The molecule has 81 heavy (non-hydrogen) atoms. The number of hydrogen-bond donors (Lipinski definition) is 6. The van der Waals surface area contributed by atoms with Crippen molar-refractivity contribution in [2.45, 2.75) is 56.0 Å². The van der Waals surface area contributed by atoms with Crippen LogP contribution in [0.1, 0.15) is 66.3 Å². The maximum absolute atomic E-state index is 15.3. The third-order valence-corrected chi connectivity index (χ3v) is 16.3. The first kappa shape index (κ1) is 51.3. The molecular weight excluding hydrogens is 1060 g/mol. The Morgan fingerprint density at radius 3 is 1.88 bits per heavy atom. The molecule has 5 aliphatic rings. The van der Waals surface area contributed by atoms with Crippen molar-refractivity contribution in [1.29, 1.82) is 0 Å². The summed E-state index contributed by atoms with van der Waals surface area (Å²) in [5.41, 5.74) is 7.99. The van der Waals surface area contributed by atoms with Gasteiger partial charge in [0.1, 0.15) is 23.8 Å². The quantitative estimate of drug-likeness (QED) is 0.0535. The minimum absolute atomic E-state index is 0.0320. The van der Waals surface area contributed by atoms with Gasteiger partial charge in [-0.05, 0) is 95.1 Å². The molecular formula is C63H51F3N6O8S. The number of unbranched alkanes of at least 4 members (excludes halogenated alkanes) is 2. The number of hydrogen-bond acceptors (Lipinski definition) is 12. The normalized spacial score (nSPS) is 18.4. The molecule has 13 rings (SSSR count). The molecule has 6 N–H and O–H groups in total. The van der Waals surface area contributed by atoms with Crippen molar-refractivity contribution < 1.29 is 50.6 Å². The number of anilines is 3. The number of alkyl halides is 3. The number of aliphatic hydroxyl groups is 1. The zero-order chi connectivity index (χ0) is 56.0. The van der Waals surface area contributed by atoms with Crippen molar-refractivity contribution in [2.24, 2.45) is 4.99 Å². The van der Waals surface area contributed by atoms with E-state index in [2.05, 4.69) is 16.0 Å². The van der Waals surface area contributed by atoms with Gasteiger partial charge in [0.2, 0.25) is 27.6 Å². The molecule has 14 nitrogen and oxygen atoms in total. The second-order valence-electron chi connectivity index (χ2n) is 20.9. The fourth-order valence-electron chi connectivity index (χ4n) is 12.2. The molecule has 0 bridgehead atoms. The number of nitrogens with one attached hydrogen (secondary N) is 5. The summed E-state index contributed by atoms with van der Waals surface area (Å²) in [7, 11) is -3.65. The number of fused-ring (bicyclic) bond motifs is 10. The first-order valence-corrected chi connectivity index (χ1v) is 28.5. The number of amides is 2. The molecule has 0 saturated heterocycles. The maximum Gasteiger partial charge on any atom is 0.405 e. The predicted molar refractivity (Wildman–Crippen MR) is 304 cm³/mol. The Labute approximate surface area is 462 Å². The van der Waals surface area contributed by atoms with E-state index in [0.717, 1.165) is 83.7 Å². The van der Waals surface area contributed by atoms with E-state index in [-0.39, 0.29) is 48.7 Å². The first-order chi connectivity index (χ1) is 39.0. The Hall–Kier alpha value is -9.16. The highest BCUT2D eigenvalue weighted by molar-refractivity contribution is 7.89. The van der Waals surface area contributed by atoms with Crippen LogP contribution < -0.4 is 46.0 Å². The highest BCUT2D eigenvalue weighted by atomic mass is 32.2. The number of benzene rings is 8. The lowest BCUT2D eigenvalue weighted by Crippen LogP contribution is -2.45. The van der Waals surface area contributed by atoms with Crippen molar-refractivity contribution in [3.05, 3.63) is 190 Å². The van der Waals surface area contributed by atoms with Crippen molar-refractivity contribution in [3.8, 4) is 33.8 Å². The molecule has 2 amide bonds. The number of ketones is 1. The van der Waals surface area contributed by atoms with E-state index in [9.17, 15) is 36.3 Å². The Balaban J connectivity index is 0.870. The van der Waals surface area contributed by atoms with Gasteiger partial charge >= 0.3 is 6.18 Å². The van der Waals surface area contributed by atoms with Gasteiger partial charge in [-0.2, -0.15) is 13.2 Å². The molecule has 0 saturated carbocycles. The fourth-order valence-corrected chi connectivity index (χ4v) is 12.7. The molecule has 2 unspecified atom stereocenters. The predicted octanol–water partition coefficient (Wildman–Crippen LogP) is 10.2. The van der Waals surface area contributed by atoms with Crippen LogP contribution in [0.25, 0.3) is 54.9 Å². The number of halogens is 3. The third kappa shape index (κ3) is 8.75. The largest absolute Gasteiger partial charge is 0.506 e. The van der Waals surface area contributed by atoms with E-state index in [1.165, 1.54) is 0 Å². The maximum atomic E-state index is 15.3. The van der Waals surface area contributed by atoms with Crippen LogP contribution in [0.2, 0.25) is 0 Å². The molecule has 8 aromatic rings. The number of Topliss-reactive ketones (excluding diaryl/α,β-unsaturated/α-hetero) is 1. The average Bonchev–Trinajstić information content (AvgIpc) is 4.10. The number of aliphatic hydroxyl groups excluding tert-OH is 1. The van der Waals surface area contributed by atoms with E-state index in [0.29, 0.717) is 59.0 Å². The molecule has 0 aromatic heterocycles. The van der Waals surface area contributed by atoms with Crippen LogP contribution >= 0.6 is 0 Å². The van der Waals surface area contributed by atoms with E-state index >= 15 is 4.79 Å². The molecule has 18 heteroatoms. The molecule has 0 radical (unpaired) electrons. The molecule has 2 atom stereocenters. The summed E-state index contributed by atoms with van der Waals surface area (Å²) in [5.74, 6) is -0.661. The van der Waals surface area contributed by atoms with Crippen LogP contribution in [0, 0.1) is 0 Å². The first-order valence-electron chi connectivity index (χ1n) is 26.6. The molecule has 0 fully saturated rings. The van der Waals surface area contributed by atoms with Gasteiger partial charge in [0.15, 0.2) is 11.3 Å². The zero-order valence-corrected chi connectivity index (χ0v) is 44.3. The van der Waals surface area contributed by atoms with Gasteiger partial charge in [-0.25, -0.2) is 13.4 Å². The number of ether oxygens (including phenoxy) is 2. The number of carbonyl (C=O) groups is 3. The second kappa shape index (κ2) is 19.3. The standard InChI is InChI=1S/C63H51F3N6O8S/c1-81(77,78)72-52(74)21-7-9-31-80-38-25-29-42-40-15-3-5-17-46(40)63(48(42)33-38)69-50-19-11-13-36-23-27-44(58(71-63)54(36)50)56-59(75)55(60(56)76)43-26-22-35-12-10-18-49-53(35)57(43)70-62(68-49)45-16-4-2-14-39(45)41-28-24-37(32-47(41)62)79-30-8-6-20-51(73)67-34-61(64,65)66/h2-5,10-19,22-29,32-33,68-70,75H,6-9,20-21,30-31,34H2,1H3,(H,67,73)(H,72,74). The minimum atomic E-state index is -4.48. The summed E-state index contributed by atoms with van der Waals surface area (Å²) < 4.78 is 75.4. The van der Waals surface area contributed by atoms with Gasteiger partial charge in [-0.3, -0.25) is 19.1 Å². The number of rotatable bonds is 15. The van der Waals surface area contributed by atoms with Gasteiger partial charge in [0.05, 0.1) is 41.7 Å². The molecule has 408 valence electrons. The van der Waals surface area contributed by atoms with Gasteiger partial charge in [-0.1, -0.05) is 109 Å². The zero-order valence-electron chi connectivity index (χ0n) is 43.5. The lowest BCUT2D eigenvalue weighted by atomic mass is 9.79. The molecule has 2 aliphatic heterocycles. The van der Waals surface area contributed by atoms with Crippen LogP contribution in [0.4, 0.5) is 30.2 Å². The monoisotopic (exact) mass is 1110 g/mol. The molecule has 2 spiro atoms. The lowest BCUT2D eigenvalue weighted by Gasteiger charge is -2.41. The van der Waals surface area contributed by atoms with Crippen molar-refractivity contribution in [2.75, 3.05) is 42.0 Å². The minimum Gasteiger partial charge on any atom is -0.506 e. The van der Waals surface area contributed by atoms with Crippen LogP contribution in [-0.2, 0) is 35.7 Å². The van der Waals surface area contributed by atoms with E-state index in [1.54, 1.807) is 0 Å². The van der Waals surface area contributed by atoms with E-state index in [4.69, 9.17) is 14.5 Å². The van der Waals surface area contributed by atoms with Crippen LogP contribution in [0.5, 0.6) is 11.5 Å². The summed E-state index contributed by atoms with van der Waals surface area (Å²) in [6.07, 6.45) is -1.90. The highest BCUT2D eigenvalue weighted by Crippen LogP contribution is 2.56.